The molecule has 0 radical (unpaired) electrons. The van der Waals surface area contributed by atoms with E-state index in [1.807, 2.05) is 13.8 Å². The summed E-state index contributed by atoms with van der Waals surface area (Å²) in [7, 11) is 0. The van der Waals surface area contributed by atoms with Crippen LogP contribution in [0.1, 0.15) is 20.3 Å². The average molecular weight is 446 g/mol. The van der Waals surface area contributed by atoms with Gasteiger partial charge in [0.1, 0.15) is 6.04 Å². The van der Waals surface area contributed by atoms with E-state index in [0.29, 0.717) is 14.4 Å². The first kappa shape index (κ1) is 21.4. The van der Waals surface area contributed by atoms with Crippen LogP contribution in [0.4, 0.5) is 24.5 Å². The lowest BCUT2D eigenvalue weighted by atomic mass is 10.1. The zero-order valence-corrected chi connectivity index (χ0v) is 17.0. The monoisotopic (exact) mass is 446 g/mol. The van der Waals surface area contributed by atoms with Crippen molar-refractivity contribution < 1.29 is 27.5 Å². The first-order valence-corrected chi connectivity index (χ1v) is 10.4. The predicted molar refractivity (Wildman–Crippen MR) is 103 cm³/mol. The number of carbonyl (C=O) groups is 2. The van der Waals surface area contributed by atoms with Crippen molar-refractivity contribution in [2.24, 2.45) is 0 Å². The number of hydrogen-bond donors (Lipinski definition) is 1. The number of halogens is 3. The lowest BCUT2D eigenvalue weighted by molar-refractivity contribution is -0.157. The number of nitrogens with one attached hydrogen (secondary N) is 1. The number of ether oxygens (including phenoxy) is 1. The molecule has 1 atom stereocenters. The number of anilines is 2. The van der Waals surface area contributed by atoms with Crippen molar-refractivity contribution in [1.29, 1.82) is 0 Å². The summed E-state index contributed by atoms with van der Waals surface area (Å²) < 4.78 is 46.8. The number of benzene rings is 1. The maximum atomic E-state index is 13.7. The first-order chi connectivity index (χ1) is 13.6. The van der Waals surface area contributed by atoms with Gasteiger partial charge in [-0.15, -0.1) is 5.10 Å². The summed E-state index contributed by atoms with van der Waals surface area (Å²) in [6.07, 6.45) is -5.75. The maximum absolute atomic E-state index is 13.7. The minimum atomic E-state index is -4.77. The number of aromatic nitrogens is 2. The Bertz CT molecular complexity index is 904. The molecule has 1 aliphatic rings. The van der Waals surface area contributed by atoms with E-state index in [0.717, 1.165) is 23.1 Å². The summed E-state index contributed by atoms with van der Waals surface area (Å²) in [6.45, 7) is 3.64. The number of fused-ring (bicyclic) bond motifs is 1. The standard InChI is InChI=1S/C17H17F3N4O3S2/c1-9(2)27-15-22-23-16(29-15)28-8-14(26)24-11-6-4-3-5-10(11)21-13(25)7-12(24)17(18,19)20/h3-6,9,12H,7-8H2,1-2H3,(H,21,25). The van der Waals surface area contributed by atoms with Crippen molar-refractivity contribution in [3.63, 3.8) is 0 Å². The molecule has 0 spiro atoms. The molecular formula is C17H17F3N4O3S2. The molecule has 0 saturated heterocycles. The van der Waals surface area contributed by atoms with Gasteiger partial charge in [-0.25, -0.2) is 0 Å². The highest BCUT2D eigenvalue weighted by Crippen LogP contribution is 2.38. The summed E-state index contributed by atoms with van der Waals surface area (Å²) >= 11 is 2.07. The minimum absolute atomic E-state index is 0.00682. The van der Waals surface area contributed by atoms with Gasteiger partial charge in [0.15, 0.2) is 4.34 Å². The third kappa shape index (κ3) is 5.18. The van der Waals surface area contributed by atoms with E-state index in [1.54, 1.807) is 6.07 Å². The van der Waals surface area contributed by atoms with Crippen molar-refractivity contribution >= 4 is 46.3 Å². The van der Waals surface area contributed by atoms with Crippen LogP contribution in [0.3, 0.4) is 0 Å². The molecule has 1 aromatic heterocycles. The fourth-order valence-electron chi connectivity index (χ4n) is 2.69. The highest BCUT2D eigenvalue weighted by molar-refractivity contribution is 8.01. The number of para-hydroxylation sites is 2. The van der Waals surface area contributed by atoms with Gasteiger partial charge in [-0.3, -0.25) is 14.5 Å². The molecule has 0 bridgehead atoms. The molecule has 29 heavy (non-hydrogen) atoms. The molecule has 7 nitrogen and oxygen atoms in total. The Morgan fingerprint density at radius 2 is 2.10 bits per heavy atom. The number of thioether (sulfide) groups is 1. The fourth-order valence-corrected chi connectivity index (χ4v) is 4.36. The summed E-state index contributed by atoms with van der Waals surface area (Å²) in [6, 6.07) is 3.66. The third-order valence-corrected chi connectivity index (χ3v) is 5.75. The largest absolute Gasteiger partial charge is 0.466 e. The minimum Gasteiger partial charge on any atom is -0.466 e. The topological polar surface area (TPSA) is 84.4 Å². The number of rotatable bonds is 5. The van der Waals surface area contributed by atoms with E-state index in [9.17, 15) is 22.8 Å². The van der Waals surface area contributed by atoms with Crippen LogP contribution in [0, 0.1) is 0 Å². The first-order valence-electron chi connectivity index (χ1n) is 8.55. The highest BCUT2D eigenvalue weighted by atomic mass is 32.2. The Kier molecular flexibility index (Phi) is 6.32. The van der Waals surface area contributed by atoms with E-state index in [2.05, 4.69) is 15.5 Å². The van der Waals surface area contributed by atoms with Gasteiger partial charge in [0.2, 0.25) is 11.8 Å². The van der Waals surface area contributed by atoms with Crippen molar-refractivity contribution in [1.82, 2.24) is 10.2 Å². The summed E-state index contributed by atoms with van der Waals surface area (Å²) in [5.41, 5.74) is 0.165. The summed E-state index contributed by atoms with van der Waals surface area (Å²) in [5, 5.41) is 10.4. The zero-order valence-electron chi connectivity index (χ0n) is 15.4. The number of carbonyl (C=O) groups excluding carboxylic acids is 2. The van der Waals surface area contributed by atoms with Gasteiger partial charge < -0.3 is 10.1 Å². The lowest BCUT2D eigenvalue weighted by Gasteiger charge is -2.31. The molecule has 1 unspecified atom stereocenters. The number of hydrogen-bond acceptors (Lipinski definition) is 7. The SMILES string of the molecule is CC(C)Oc1nnc(SCC(=O)N2c3ccccc3NC(=O)CC2C(F)(F)F)s1. The Labute approximate surface area is 172 Å². The molecular weight excluding hydrogens is 429 g/mol. The van der Waals surface area contributed by atoms with Gasteiger partial charge in [-0.2, -0.15) is 13.2 Å². The van der Waals surface area contributed by atoms with Crippen LogP contribution < -0.4 is 15.0 Å². The predicted octanol–water partition coefficient (Wildman–Crippen LogP) is 3.72. The summed E-state index contributed by atoms with van der Waals surface area (Å²) in [4.78, 5) is 25.4. The zero-order chi connectivity index (χ0) is 21.2. The lowest BCUT2D eigenvalue weighted by Crippen LogP contribution is -2.50. The quantitative estimate of drug-likeness (QED) is 0.705. The third-order valence-electron chi connectivity index (χ3n) is 3.82. The van der Waals surface area contributed by atoms with Crippen molar-refractivity contribution in [3.8, 4) is 5.19 Å². The average Bonchev–Trinajstić information content (AvgIpc) is 2.99. The molecule has 1 aromatic carbocycles. The molecule has 2 aromatic rings. The van der Waals surface area contributed by atoms with Gasteiger partial charge in [0, 0.05) is 0 Å². The second-order valence-corrected chi connectivity index (χ2v) is 8.54. The number of amides is 2. The second kappa shape index (κ2) is 8.57. The van der Waals surface area contributed by atoms with Crippen LogP contribution >= 0.6 is 23.1 Å². The molecule has 1 N–H and O–H groups in total. The molecule has 2 amide bonds. The van der Waals surface area contributed by atoms with Gasteiger partial charge in [0.05, 0.1) is 29.7 Å². The van der Waals surface area contributed by atoms with Crippen LogP contribution in [0.2, 0.25) is 0 Å². The van der Waals surface area contributed by atoms with Crippen LogP contribution in [0.5, 0.6) is 5.19 Å². The van der Waals surface area contributed by atoms with E-state index >= 15 is 0 Å². The van der Waals surface area contributed by atoms with Gasteiger partial charge >= 0.3 is 6.18 Å². The van der Waals surface area contributed by atoms with Crippen molar-refractivity contribution in [2.45, 2.75) is 42.9 Å². The number of nitrogens with zero attached hydrogens (tertiary/aromatic N) is 3. The Balaban J connectivity index is 1.83. The van der Waals surface area contributed by atoms with E-state index in [-0.39, 0.29) is 23.2 Å². The highest BCUT2D eigenvalue weighted by Gasteiger charge is 2.48. The Morgan fingerprint density at radius 1 is 1.38 bits per heavy atom. The molecule has 156 valence electrons. The van der Waals surface area contributed by atoms with Crippen LogP contribution in [-0.4, -0.2) is 46.1 Å². The van der Waals surface area contributed by atoms with Gasteiger partial charge in [-0.05, 0) is 37.3 Å². The van der Waals surface area contributed by atoms with Crippen molar-refractivity contribution in [2.75, 3.05) is 16.0 Å². The van der Waals surface area contributed by atoms with Gasteiger partial charge in [-0.1, -0.05) is 29.0 Å². The molecule has 0 saturated carbocycles. The van der Waals surface area contributed by atoms with Crippen LogP contribution in [0.25, 0.3) is 0 Å². The van der Waals surface area contributed by atoms with Crippen LogP contribution in [0.15, 0.2) is 28.6 Å². The van der Waals surface area contributed by atoms with Crippen LogP contribution in [-0.2, 0) is 9.59 Å². The number of alkyl halides is 3. The molecule has 1 aliphatic heterocycles. The van der Waals surface area contributed by atoms with E-state index < -0.39 is 30.5 Å². The van der Waals surface area contributed by atoms with Crippen molar-refractivity contribution in [3.05, 3.63) is 24.3 Å². The Hall–Kier alpha value is -2.34. The molecule has 0 fully saturated rings. The smallest absolute Gasteiger partial charge is 0.409 e. The molecule has 0 aliphatic carbocycles. The normalized spacial score (nSPS) is 17.0. The maximum Gasteiger partial charge on any atom is 0.409 e. The molecule has 3 rings (SSSR count). The Morgan fingerprint density at radius 3 is 2.79 bits per heavy atom. The van der Waals surface area contributed by atoms with E-state index in [4.69, 9.17) is 4.74 Å². The molecule has 2 heterocycles. The fraction of sp³-hybridized carbons (Fsp3) is 0.412. The second-order valence-electron chi connectivity index (χ2n) is 6.38. The van der Waals surface area contributed by atoms with Gasteiger partial charge in [0.25, 0.3) is 5.19 Å². The summed E-state index contributed by atoms with van der Waals surface area (Å²) in [5.74, 6) is -1.89. The van der Waals surface area contributed by atoms with E-state index in [1.165, 1.54) is 18.2 Å². The molecule has 12 heteroatoms.